The van der Waals surface area contributed by atoms with E-state index in [2.05, 4.69) is 6.07 Å². The molecule has 3 nitrogen and oxygen atoms in total. The SMILES string of the molecule is N#Cc1ccc(Cl)cc1OCCC1CCCC1=O. The number of ketones is 1. The molecule has 4 heteroatoms. The summed E-state index contributed by atoms with van der Waals surface area (Å²) in [6, 6.07) is 6.99. The van der Waals surface area contributed by atoms with Crippen LogP contribution in [-0.4, -0.2) is 12.4 Å². The zero-order valence-electron chi connectivity index (χ0n) is 9.99. The Morgan fingerprint density at radius 2 is 2.33 bits per heavy atom. The second-order valence-electron chi connectivity index (χ2n) is 4.44. The Balaban J connectivity index is 1.92. The molecule has 0 aromatic heterocycles. The number of ether oxygens (including phenoxy) is 1. The van der Waals surface area contributed by atoms with Gasteiger partial charge in [-0.1, -0.05) is 11.6 Å². The molecule has 0 heterocycles. The van der Waals surface area contributed by atoms with Gasteiger partial charge in [0.2, 0.25) is 0 Å². The van der Waals surface area contributed by atoms with Crippen molar-refractivity contribution < 1.29 is 9.53 Å². The molecule has 94 valence electrons. The van der Waals surface area contributed by atoms with Crippen LogP contribution in [0.4, 0.5) is 0 Å². The predicted molar refractivity (Wildman–Crippen MR) is 68.6 cm³/mol. The second kappa shape index (κ2) is 5.88. The van der Waals surface area contributed by atoms with Gasteiger partial charge in [0, 0.05) is 23.4 Å². The third-order valence-corrected chi connectivity index (χ3v) is 3.45. The summed E-state index contributed by atoms with van der Waals surface area (Å²) in [6.07, 6.45) is 3.37. The van der Waals surface area contributed by atoms with E-state index in [1.807, 2.05) is 0 Å². The molecule has 0 aliphatic heterocycles. The molecule has 1 unspecified atom stereocenters. The van der Waals surface area contributed by atoms with E-state index in [9.17, 15) is 4.79 Å². The number of carbonyl (C=O) groups excluding carboxylic acids is 1. The van der Waals surface area contributed by atoms with Crippen molar-refractivity contribution in [2.45, 2.75) is 25.7 Å². The van der Waals surface area contributed by atoms with Crippen LogP contribution in [0.2, 0.25) is 5.02 Å². The Labute approximate surface area is 111 Å². The number of rotatable bonds is 4. The lowest BCUT2D eigenvalue weighted by atomic mass is 10.0. The van der Waals surface area contributed by atoms with Crippen molar-refractivity contribution in [2.75, 3.05) is 6.61 Å². The minimum atomic E-state index is 0.134. The van der Waals surface area contributed by atoms with Crippen LogP contribution in [0.1, 0.15) is 31.2 Å². The molecule has 0 bridgehead atoms. The summed E-state index contributed by atoms with van der Waals surface area (Å²) in [7, 11) is 0. The van der Waals surface area contributed by atoms with E-state index in [1.165, 1.54) is 0 Å². The Morgan fingerprint density at radius 3 is 3.00 bits per heavy atom. The number of hydrogen-bond donors (Lipinski definition) is 0. The van der Waals surface area contributed by atoms with E-state index in [-0.39, 0.29) is 5.92 Å². The first-order valence-electron chi connectivity index (χ1n) is 6.06. The van der Waals surface area contributed by atoms with Gasteiger partial charge in [0.25, 0.3) is 0 Å². The van der Waals surface area contributed by atoms with Crippen LogP contribution in [0.15, 0.2) is 18.2 Å². The van der Waals surface area contributed by atoms with Crippen LogP contribution in [0, 0.1) is 17.2 Å². The van der Waals surface area contributed by atoms with E-state index in [0.29, 0.717) is 35.1 Å². The zero-order valence-corrected chi connectivity index (χ0v) is 10.7. The van der Waals surface area contributed by atoms with Crippen LogP contribution in [-0.2, 0) is 4.79 Å². The highest BCUT2D eigenvalue weighted by atomic mass is 35.5. The van der Waals surface area contributed by atoms with Crippen molar-refractivity contribution in [1.29, 1.82) is 5.26 Å². The number of benzene rings is 1. The first-order valence-corrected chi connectivity index (χ1v) is 6.43. The van der Waals surface area contributed by atoms with Crippen molar-refractivity contribution in [2.24, 2.45) is 5.92 Å². The van der Waals surface area contributed by atoms with Crippen LogP contribution in [0.3, 0.4) is 0 Å². The fourth-order valence-electron chi connectivity index (χ4n) is 2.21. The summed E-state index contributed by atoms with van der Waals surface area (Å²) >= 11 is 5.86. The van der Waals surface area contributed by atoms with Gasteiger partial charge in [0.05, 0.1) is 12.2 Å². The molecule has 1 aromatic carbocycles. The third kappa shape index (κ3) is 3.02. The summed E-state index contributed by atoms with van der Waals surface area (Å²) in [5, 5.41) is 9.48. The second-order valence-corrected chi connectivity index (χ2v) is 4.88. The molecule has 2 rings (SSSR count). The standard InChI is InChI=1S/C14H14ClNO2/c15-12-5-4-11(9-16)14(8-12)18-7-6-10-2-1-3-13(10)17/h4-5,8,10H,1-3,6-7H2. The third-order valence-electron chi connectivity index (χ3n) is 3.22. The Hall–Kier alpha value is -1.53. The highest BCUT2D eigenvalue weighted by Gasteiger charge is 2.23. The van der Waals surface area contributed by atoms with E-state index >= 15 is 0 Å². The average Bonchev–Trinajstić information content (AvgIpc) is 2.76. The Bertz CT molecular complexity index is 493. The van der Waals surface area contributed by atoms with Crippen LogP contribution >= 0.6 is 11.6 Å². The van der Waals surface area contributed by atoms with Crippen molar-refractivity contribution in [3.63, 3.8) is 0 Å². The number of Topliss-reactive ketones (excluding diaryl/α,β-unsaturated/α-hetero) is 1. The average molecular weight is 264 g/mol. The Kier molecular flexibility index (Phi) is 4.22. The maximum atomic E-state index is 11.5. The first kappa shape index (κ1) is 12.9. The Morgan fingerprint density at radius 1 is 1.50 bits per heavy atom. The van der Waals surface area contributed by atoms with Gasteiger partial charge in [-0.15, -0.1) is 0 Å². The number of nitrogens with zero attached hydrogens (tertiary/aromatic N) is 1. The minimum absolute atomic E-state index is 0.134. The van der Waals surface area contributed by atoms with Gasteiger partial charge < -0.3 is 4.74 Å². The fraction of sp³-hybridized carbons (Fsp3) is 0.429. The van der Waals surface area contributed by atoms with E-state index in [1.54, 1.807) is 18.2 Å². The molecule has 0 saturated heterocycles. The van der Waals surface area contributed by atoms with Crippen LogP contribution < -0.4 is 4.74 Å². The van der Waals surface area contributed by atoms with Gasteiger partial charge in [-0.25, -0.2) is 0 Å². The minimum Gasteiger partial charge on any atom is -0.492 e. The van der Waals surface area contributed by atoms with Crippen LogP contribution in [0.5, 0.6) is 5.75 Å². The van der Waals surface area contributed by atoms with E-state index in [4.69, 9.17) is 21.6 Å². The summed E-state index contributed by atoms with van der Waals surface area (Å²) < 4.78 is 5.56. The predicted octanol–water partition coefficient (Wildman–Crippen LogP) is 3.35. The number of carbonyl (C=O) groups is 1. The van der Waals surface area contributed by atoms with Crippen LogP contribution in [0.25, 0.3) is 0 Å². The van der Waals surface area contributed by atoms with Crippen molar-refractivity contribution in [3.8, 4) is 11.8 Å². The lowest BCUT2D eigenvalue weighted by Gasteiger charge is -2.11. The molecule has 18 heavy (non-hydrogen) atoms. The molecule has 1 atom stereocenters. The molecule has 0 radical (unpaired) electrons. The molecule has 1 aliphatic carbocycles. The summed E-state index contributed by atoms with van der Waals surface area (Å²) in [5.41, 5.74) is 0.470. The van der Waals surface area contributed by atoms with Gasteiger partial charge in [0.1, 0.15) is 17.6 Å². The number of nitriles is 1. The van der Waals surface area contributed by atoms with Gasteiger partial charge in [0.15, 0.2) is 0 Å². The fourth-order valence-corrected chi connectivity index (χ4v) is 2.37. The maximum Gasteiger partial charge on any atom is 0.138 e. The molecule has 1 fully saturated rings. The molecule has 0 N–H and O–H groups in total. The normalized spacial score (nSPS) is 18.7. The highest BCUT2D eigenvalue weighted by Crippen LogP contribution is 2.26. The van der Waals surface area contributed by atoms with Gasteiger partial charge in [-0.3, -0.25) is 4.79 Å². The summed E-state index contributed by atoms with van der Waals surface area (Å²) in [6.45, 7) is 0.450. The van der Waals surface area contributed by atoms with Crippen molar-refractivity contribution >= 4 is 17.4 Å². The lowest BCUT2D eigenvalue weighted by molar-refractivity contribution is -0.121. The molecular weight excluding hydrogens is 250 g/mol. The first-order chi connectivity index (χ1) is 8.70. The molecule has 0 amide bonds. The summed E-state index contributed by atoms with van der Waals surface area (Å²) in [4.78, 5) is 11.5. The smallest absolute Gasteiger partial charge is 0.138 e. The number of hydrogen-bond acceptors (Lipinski definition) is 3. The number of halogens is 1. The topological polar surface area (TPSA) is 50.1 Å². The monoisotopic (exact) mass is 263 g/mol. The lowest BCUT2D eigenvalue weighted by Crippen LogP contribution is -2.11. The summed E-state index contributed by atoms with van der Waals surface area (Å²) in [5.74, 6) is 0.968. The van der Waals surface area contributed by atoms with Crippen molar-refractivity contribution in [3.05, 3.63) is 28.8 Å². The van der Waals surface area contributed by atoms with E-state index in [0.717, 1.165) is 19.3 Å². The molecule has 1 aromatic rings. The zero-order chi connectivity index (χ0) is 13.0. The molecular formula is C14H14ClNO2. The molecule has 1 saturated carbocycles. The van der Waals surface area contributed by atoms with Gasteiger partial charge in [-0.05, 0) is 31.4 Å². The quantitative estimate of drug-likeness (QED) is 0.837. The molecule has 1 aliphatic rings. The van der Waals surface area contributed by atoms with Crippen molar-refractivity contribution in [1.82, 2.24) is 0 Å². The van der Waals surface area contributed by atoms with E-state index < -0.39 is 0 Å². The maximum absolute atomic E-state index is 11.5. The van der Waals surface area contributed by atoms with Gasteiger partial charge >= 0.3 is 0 Å². The largest absolute Gasteiger partial charge is 0.492 e. The van der Waals surface area contributed by atoms with Gasteiger partial charge in [-0.2, -0.15) is 5.26 Å². The molecule has 0 spiro atoms. The highest BCUT2D eigenvalue weighted by molar-refractivity contribution is 6.30.